The lowest BCUT2D eigenvalue weighted by molar-refractivity contribution is 0.102. The van der Waals surface area contributed by atoms with Gasteiger partial charge in [0.15, 0.2) is 11.5 Å². The van der Waals surface area contributed by atoms with Gasteiger partial charge in [0.25, 0.3) is 5.91 Å². The molecule has 7 heteroatoms. The van der Waals surface area contributed by atoms with Crippen LogP contribution in [0.15, 0.2) is 54.9 Å². The zero-order chi connectivity index (χ0) is 18.6. The Kier molecular flexibility index (Phi) is 4.57. The molecule has 2 aromatic carbocycles. The fourth-order valence-electron chi connectivity index (χ4n) is 2.74. The van der Waals surface area contributed by atoms with E-state index in [9.17, 15) is 4.79 Å². The highest BCUT2D eigenvalue weighted by Gasteiger charge is 2.13. The Morgan fingerprint density at radius 2 is 1.96 bits per heavy atom. The SMILES string of the molecule is Cc1cccc(NC(=O)c2cc(NCc3ccc4c(c3)OCO4)ncn2)c1. The largest absolute Gasteiger partial charge is 0.454 e. The first-order chi connectivity index (χ1) is 13.2. The van der Waals surface area contributed by atoms with Gasteiger partial charge < -0.3 is 20.1 Å². The average molecular weight is 362 g/mol. The number of carbonyl (C=O) groups is 1. The molecule has 2 N–H and O–H groups in total. The molecule has 0 saturated carbocycles. The molecule has 1 amide bonds. The van der Waals surface area contributed by atoms with E-state index in [1.54, 1.807) is 6.07 Å². The Bertz CT molecular complexity index is 990. The van der Waals surface area contributed by atoms with Crippen LogP contribution in [0.1, 0.15) is 21.6 Å². The van der Waals surface area contributed by atoms with Gasteiger partial charge in [0.05, 0.1) is 0 Å². The number of anilines is 2. The minimum atomic E-state index is -0.283. The number of benzene rings is 2. The average Bonchev–Trinajstić information content (AvgIpc) is 3.14. The maximum atomic E-state index is 12.4. The molecule has 0 spiro atoms. The molecule has 1 aromatic heterocycles. The Balaban J connectivity index is 1.42. The van der Waals surface area contributed by atoms with Crippen LogP contribution in [-0.4, -0.2) is 22.7 Å². The molecule has 3 aromatic rings. The molecule has 0 radical (unpaired) electrons. The number of carbonyl (C=O) groups excluding carboxylic acids is 1. The zero-order valence-electron chi connectivity index (χ0n) is 14.7. The van der Waals surface area contributed by atoms with E-state index >= 15 is 0 Å². The van der Waals surface area contributed by atoms with Crippen LogP contribution in [0.5, 0.6) is 11.5 Å². The number of aromatic nitrogens is 2. The quantitative estimate of drug-likeness (QED) is 0.724. The lowest BCUT2D eigenvalue weighted by atomic mass is 10.2. The van der Waals surface area contributed by atoms with Crippen LogP contribution < -0.4 is 20.1 Å². The molecule has 27 heavy (non-hydrogen) atoms. The Hall–Kier alpha value is -3.61. The van der Waals surface area contributed by atoms with Gasteiger partial charge in [0.2, 0.25) is 6.79 Å². The summed E-state index contributed by atoms with van der Waals surface area (Å²) in [6.07, 6.45) is 1.37. The molecular formula is C20H18N4O3. The fourth-order valence-corrected chi connectivity index (χ4v) is 2.74. The molecular weight excluding hydrogens is 344 g/mol. The summed E-state index contributed by atoms with van der Waals surface area (Å²) >= 11 is 0. The predicted molar refractivity (Wildman–Crippen MR) is 101 cm³/mol. The Morgan fingerprint density at radius 3 is 2.85 bits per heavy atom. The molecule has 0 bridgehead atoms. The number of hydrogen-bond donors (Lipinski definition) is 2. The summed E-state index contributed by atoms with van der Waals surface area (Å²) in [4.78, 5) is 20.7. The molecule has 0 unspecified atom stereocenters. The number of rotatable bonds is 5. The van der Waals surface area contributed by atoms with Gasteiger partial charge in [-0.3, -0.25) is 4.79 Å². The third kappa shape index (κ3) is 3.98. The van der Waals surface area contributed by atoms with Gasteiger partial charge in [0.1, 0.15) is 17.8 Å². The van der Waals surface area contributed by atoms with Gasteiger partial charge in [-0.15, -0.1) is 0 Å². The summed E-state index contributed by atoms with van der Waals surface area (Å²) in [6.45, 7) is 2.75. The van der Waals surface area contributed by atoms with E-state index in [-0.39, 0.29) is 12.7 Å². The maximum Gasteiger partial charge on any atom is 0.274 e. The molecule has 4 rings (SSSR count). The number of hydrogen-bond acceptors (Lipinski definition) is 6. The van der Waals surface area contributed by atoms with Crippen LogP contribution in [0.3, 0.4) is 0 Å². The van der Waals surface area contributed by atoms with Crippen molar-refractivity contribution in [2.24, 2.45) is 0 Å². The molecule has 1 aliphatic heterocycles. The summed E-state index contributed by atoms with van der Waals surface area (Å²) in [7, 11) is 0. The third-order valence-corrected chi connectivity index (χ3v) is 4.09. The van der Waals surface area contributed by atoms with Crippen molar-refractivity contribution in [2.75, 3.05) is 17.4 Å². The molecule has 0 fully saturated rings. The summed E-state index contributed by atoms with van der Waals surface area (Å²) in [5.74, 6) is 1.76. The summed E-state index contributed by atoms with van der Waals surface area (Å²) in [5.41, 5.74) is 3.11. The molecule has 2 heterocycles. The lowest BCUT2D eigenvalue weighted by Crippen LogP contribution is -2.14. The van der Waals surface area contributed by atoms with Gasteiger partial charge in [-0.25, -0.2) is 9.97 Å². The number of fused-ring (bicyclic) bond motifs is 1. The van der Waals surface area contributed by atoms with E-state index in [4.69, 9.17) is 9.47 Å². The highest BCUT2D eigenvalue weighted by atomic mass is 16.7. The van der Waals surface area contributed by atoms with Gasteiger partial charge >= 0.3 is 0 Å². The van der Waals surface area contributed by atoms with Crippen molar-refractivity contribution in [3.63, 3.8) is 0 Å². The van der Waals surface area contributed by atoms with Crippen LogP contribution in [0.2, 0.25) is 0 Å². The highest BCUT2D eigenvalue weighted by molar-refractivity contribution is 6.03. The molecule has 7 nitrogen and oxygen atoms in total. The summed E-state index contributed by atoms with van der Waals surface area (Å²) < 4.78 is 10.7. The van der Waals surface area contributed by atoms with Crippen LogP contribution in [0, 0.1) is 6.92 Å². The molecule has 0 atom stereocenters. The second kappa shape index (κ2) is 7.33. The second-order valence-corrected chi connectivity index (χ2v) is 6.15. The van der Waals surface area contributed by atoms with Crippen molar-refractivity contribution >= 4 is 17.4 Å². The molecule has 136 valence electrons. The van der Waals surface area contributed by atoms with Crippen molar-refractivity contribution in [1.29, 1.82) is 0 Å². The van der Waals surface area contributed by atoms with Crippen molar-refractivity contribution in [3.05, 3.63) is 71.7 Å². The van der Waals surface area contributed by atoms with E-state index in [0.29, 0.717) is 18.1 Å². The third-order valence-electron chi connectivity index (χ3n) is 4.09. The topological polar surface area (TPSA) is 85.4 Å². The van der Waals surface area contributed by atoms with Gasteiger partial charge in [0, 0.05) is 18.3 Å². The van der Waals surface area contributed by atoms with E-state index < -0.39 is 0 Å². The minimum absolute atomic E-state index is 0.248. The van der Waals surface area contributed by atoms with Crippen LogP contribution in [0.25, 0.3) is 0 Å². The summed E-state index contributed by atoms with van der Waals surface area (Å²) in [6, 6.07) is 15.0. The van der Waals surface area contributed by atoms with Gasteiger partial charge in [-0.1, -0.05) is 18.2 Å². The number of ether oxygens (including phenoxy) is 2. The highest BCUT2D eigenvalue weighted by Crippen LogP contribution is 2.32. The van der Waals surface area contributed by atoms with Gasteiger partial charge in [-0.2, -0.15) is 0 Å². The van der Waals surface area contributed by atoms with E-state index in [0.717, 1.165) is 28.3 Å². The van der Waals surface area contributed by atoms with E-state index in [1.807, 2.05) is 49.4 Å². The van der Waals surface area contributed by atoms with Crippen LogP contribution in [0.4, 0.5) is 11.5 Å². The van der Waals surface area contributed by atoms with Crippen LogP contribution >= 0.6 is 0 Å². The van der Waals surface area contributed by atoms with Gasteiger partial charge in [-0.05, 0) is 42.3 Å². The Labute approximate surface area is 156 Å². The predicted octanol–water partition coefficient (Wildman–Crippen LogP) is 3.38. The fraction of sp³-hybridized carbons (Fsp3) is 0.150. The normalized spacial score (nSPS) is 11.9. The summed E-state index contributed by atoms with van der Waals surface area (Å²) in [5, 5.41) is 6.03. The second-order valence-electron chi connectivity index (χ2n) is 6.15. The molecule has 0 aliphatic carbocycles. The Morgan fingerprint density at radius 1 is 1.07 bits per heavy atom. The number of aryl methyl sites for hydroxylation is 1. The lowest BCUT2D eigenvalue weighted by Gasteiger charge is -2.09. The van der Waals surface area contributed by atoms with Crippen molar-refractivity contribution in [1.82, 2.24) is 9.97 Å². The first kappa shape index (κ1) is 16.8. The first-order valence-corrected chi connectivity index (χ1v) is 8.50. The van der Waals surface area contributed by atoms with Crippen LogP contribution in [-0.2, 0) is 6.54 Å². The molecule has 1 aliphatic rings. The smallest absolute Gasteiger partial charge is 0.274 e. The standard InChI is InChI=1S/C20H18N4O3/c1-13-3-2-4-15(7-13)24-20(25)16-9-19(23-11-22-16)21-10-14-5-6-17-18(8-14)27-12-26-17/h2-9,11H,10,12H2,1H3,(H,24,25)(H,21,22,23). The van der Waals surface area contributed by atoms with Crippen molar-refractivity contribution < 1.29 is 14.3 Å². The minimum Gasteiger partial charge on any atom is -0.454 e. The first-order valence-electron chi connectivity index (χ1n) is 8.50. The maximum absolute atomic E-state index is 12.4. The van der Waals surface area contributed by atoms with Crippen molar-refractivity contribution in [2.45, 2.75) is 13.5 Å². The monoisotopic (exact) mass is 362 g/mol. The number of nitrogens with one attached hydrogen (secondary N) is 2. The number of amides is 1. The van der Waals surface area contributed by atoms with E-state index in [2.05, 4.69) is 20.6 Å². The molecule has 0 saturated heterocycles. The zero-order valence-corrected chi connectivity index (χ0v) is 14.7. The van der Waals surface area contributed by atoms with E-state index in [1.165, 1.54) is 6.33 Å². The number of nitrogens with zero attached hydrogens (tertiary/aromatic N) is 2. The van der Waals surface area contributed by atoms with Crippen molar-refractivity contribution in [3.8, 4) is 11.5 Å².